The van der Waals surface area contributed by atoms with Crippen molar-refractivity contribution >= 4 is 68.6 Å². The fraction of sp³-hybridized carbons (Fsp3) is 0.299. The first kappa shape index (κ1) is 52.8. The van der Waals surface area contributed by atoms with Gasteiger partial charge in [0.2, 0.25) is 0 Å². The Morgan fingerprint density at radius 1 is 0.370 bits per heavy atom. The van der Waals surface area contributed by atoms with Crippen molar-refractivity contribution in [3.8, 4) is 22.3 Å². The second kappa shape index (κ2) is 18.7. The zero-order chi connectivity index (χ0) is 56.6. The maximum Gasteiger partial charge on any atom is 0.252 e. The maximum atomic E-state index is 2.85. The maximum absolute atomic E-state index is 2.85. The number of hydrogen-bond donors (Lipinski definition) is 0. The van der Waals surface area contributed by atoms with Crippen molar-refractivity contribution in [2.45, 2.75) is 148 Å². The molecule has 2 unspecified atom stereocenters. The number of fused-ring (bicyclic) bond motifs is 7. The van der Waals surface area contributed by atoms with E-state index in [1.54, 1.807) is 0 Å². The molecule has 81 heavy (non-hydrogen) atoms. The Bertz CT molecular complexity index is 3890. The highest BCUT2D eigenvalue weighted by Gasteiger charge is 2.61. The van der Waals surface area contributed by atoms with Gasteiger partial charge in [0.05, 0.1) is 16.9 Å². The third-order valence-corrected chi connectivity index (χ3v) is 19.2. The van der Waals surface area contributed by atoms with Gasteiger partial charge in [-0.25, -0.2) is 0 Å². The molecule has 9 aromatic rings. The van der Waals surface area contributed by atoms with Crippen LogP contribution in [0.15, 0.2) is 200 Å². The van der Waals surface area contributed by atoms with E-state index in [9.17, 15) is 0 Å². The summed E-state index contributed by atoms with van der Waals surface area (Å²) in [4.78, 5) is 8.22. The van der Waals surface area contributed by atoms with Gasteiger partial charge in [-0.05, 0) is 157 Å². The van der Waals surface area contributed by atoms with Crippen LogP contribution >= 0.6 is 0 Å². The van der Waals surface area contributed by atoms with Crippen molar-refractivity contribution in [3.63, 3.8) is 0 Å². The lowest BCUT2D eigenvalue weighted by molar-refractivity contribution is 0.215. The lowest BCUT2D eigenvalue weighted by Gasteiger charge is -2.53. The average molecular weight is 1060 g/mol. The Balaban J connectivity index is 1.20. The molecule has 9 aromatic carbocycles. The standard InChI is InChI=1S/C77H80BN3/c1-72(2,3)54-35-39-64(59(45-54)51-27-17-14-18-28-51)79-67-34-24-23-33-62(67)78-63-48-57(75(10,11)12)38-42-68(63)80(65-40-36-55(73(4,5)6)46-60(65)52-29-19-15-20-30-52)70-50-58(49-69(79)71(70)78)81-66-41-37-56(74(7,8)9)47-61(66)77(53-31-21-16-22-32-53)44-26-25-43-76(77,81)13/h14-24,27-42,45-50H,25-26,43-44H2,1-13H3. The molecule has 0 N–H and O–H groups in total. The van der Waals surface area contributed by atoms with E-state index in [1.165, 1.54) is 124 Å². The Hall–Kier alpha value is -7.56. The molecule has 1 aliphatic carbocycles. The predicted octanol–water partition coefficient (Wildman–Crippen LogP) is 19.1. The molecule has 0 amide bonds. The van der Waals surface area contributed by atoms with Gasteiger partial charge in [-0.2, -0.15) is 0 Å². The van der Waals surface area contributed by atoms with Crippen LogP contribution in [0.25, 0.3) is 22.3 Å². The van der Waals surface area contributed by atoms with Gasteiger partial charge < -0.3 is 14.7 Å². The lowest BCUT2D eigenvalue weighted by atomic mass is 9.33. The number of hydrogen-bond acceptors (Lipinski definition) is 3. The molecule has 0 bridgehead atoms. The van der Waals surface area contributed by atoms with Crippen LogP contribution in [0.3, 0.4) is 0 Å². The van der Waals surface area contributed by atoms with E-state index in [1.807, 2.05) is 0 Å². The SMILES string of the molecule is CC(C)(C)c1ccc2c(c1)B1c3ccccc3N(c3ccc(C(C)(C)C)cc3-c3ccccc3)c3cc(N4c5ccc(C(C)(C)C)cc5C5(c6ccccc6)CCCCC45C)cc(c31)N2c1ccc(C(C)(C)C)cc1-c1ccccc1. The molecule has 3 heterocycles. The normalized spacial score (nSPS) is 18.5. The molecule has 3 aliphatic heterocycles. The number of nitrogens with zero attached hydrogens (tertiary/aromatic N) is 3. The minimum Gasteiger partial charge on any atom is -0.334 e. The van der Waals surface area contributed by atoms with Crippen molar-refractivity contribution in [2.24, 2.45) is 0 Å². The first-order valence-electron chi connectivity index (χ1n) is 30.0. The van der Waals surface area contributed by atoms with Gasteiger partial charge in [0.25, 0.3) is 6.71 Å². The Morgan fingerprint density at radius 3 is 1.31 bits per heavy atom. The van der Waals surface area contributed by atoms with Crippen molar-refractivity contribution in [1.82, 2.24) is 0 Å². The van der Waals surface area contributed by atoms with Crippen molar-refractivity contribution in [1.29, 1.82) is 0 Å². The van der Waals surface area contributed by atoms with E-state index < -0.39 is 0 Å². The first-order chi connectivity index (χ1) is 38.6. The summed E-state index contributed by atoms with van der Waals surface area (Å²) >= 11 is 0. The molecule has 4 aliphatic rings. The average Bonchev–Trinajstić information content (AvgIpc) is 4.00. The molecule has 406 valence electrons. The minimum atomic E-state index is -0.310. The van der Waals surface area contributed by atoms with Gasteiger partial charge in [-0.1, -0.05) is 242 Å². The fourth-order valence-corrected chi connectivity index (χ4v) is 14.8. The quantitative estimate of drug-likeness (QED) is 0.154. The molecular weight excluding hydrogens is 978 g/mol. The molecule has 4 heteroatoms. The third-order valence-electron chi connectivity index (χ3n) is 19.2. The molecule has 1 fully saturated rings. The van der Waals surface area contributed by atoms with Crippen LogP contribution in [0.5, 0.6) is 0 Å². The molecule has 0 spiro atoms. The summed E-state index contributed by atoms with van der Waals surface area (Å²) < 4.78 is 0. The number of para-hydroxylation sites is 1. The summed E-state index contributed by atoms with van der Waals surface area (Å²) in [5.41, 5.74) is 26.1. The Labute approximate surface area is 484 Å². The van der Waals surface area contributed by atoms with E-state index in [0.717, 1.165) is 19.3 Å². The summed E-state index contributed by atoms with van der Waals surface area (Å²) in [6.07, 6.45) is 4.49. The van der Waals surface area contributed by atoms with E-state index in [2.05, 4.69) is 305 Å². The number of rotatable bonds is 6. The van der Waals surface area contributed by atoms with Crippen LogP contribution in [-0.4, -0.2) is 12.3 Å². The fourth-order valence-electron chi connectivity index (χ4n) is 14.8. The highest BCUT2D eigenvalue weighted by Crippen LogP contribution is 2.65. The summed E-state index contributed by atoms with van der Waals surface area (Å²) in [5, 5.41) is 0. The van der Waals surface area contributed by atoms with Gasteiger partial charge in [0, 0.05) is 50.7 Å². The summed E-state index contributed by atoms with van der Waals surface area (Å²) in [6, 6.07) is 78.2. The highest BCUT2D eigenvalue weighted by atomic mass is 15.3. The molecular formula is C77H80BN3. The van der Waals surface area contributed by atoms with Crippen LogP contribution in [0.2, 0.25) is 0 Å². The van der Waals surface area contributed by atoms with Gasteiger partial charge in [-0.15, -0.1) is 0 Å². The molecule has 0 saturated heterocycles. The number of benzene rings is 9. The molecule has 0 radical (unpaired) electrons. The van der Waals surface area contributed by atoms with E-state index in [0.29, 0.717) is 0 Å². The van der Waals surface area contributed by atoms with Gasteiger partial charge in [0.1, 0.15) is 0 Å². The second-order valence-electron chi connectivity index (χ2n) is 28.3. The Morgan fingerprint density at radius 2 is 0.790 bits per heavy atom. The molecule has 0 aromatic heterocycles. The third kappa shape index (κ3) is 8.35. The number of anilines is 8. The zero-order valence-electron chi connectivity index (χ0n) is 50.3. The molecule has 1 saturated carbocycles. The smallest absolute Gasteiger partial charge is 0.252 e. The largest absolute Gasteiger partial charge is 0.334 e. The van der Waals surface area contributed by atoms with Crippen molar-refractivity contribution < 1.29 is 0 Å². The zero-order valence-corrected chi connectivity index (χ0v) is 50.3. The lowest BCUT2D eigenvalue weighted by Crippen LogP contribution is -2.62. The highest BCUT2D eigenvalue weighted by molar-refractivity contribution is 7.00. The molecule has 2 atom stereocenters. The molecule has 13 rings (SSSR count). The molecule has 3 nitrogen and oxygen atoms in total. The van der Waals surface area contributed by atoms with Crippen molar-refractivity contribution in [2.75, 3.05) is 14.7 Å². The summed E-state index contributed by atoms with van der Waals surface area (Å²) in [6.45, 7) is 30.8. The summed E-state index contributed by atoms with van der Waals surface area (Å²) in [7, 11) is 0. The topological polar surface area (TPSA) is 9.72 Å². The summed E-state index contributed by atoms with van der Waals surface area (Å²) in [5.74, 6) is 0. The Kier molecular flexibility index (Phi) is 12.2. The van der Waals surface area contributed by atoms with E-state index >= 15 is 0 Å². The second-order valence-corrected chi connectivity index (χ2v) is 28.3. The van der Waals surface area contributed by atoms with Gasteiger partial charge in [0.15, 0.2) is 0 Å². The van der Waals surface area contributed by atoms with Crippen LogP contribution in [0, 0.1) is 0 Å². The minimum absolute atomic E-state index is 0.0248. The first-order valence-corrected chi connectivity index (χ1v) is 30.0. The van der Waals surface area contributed by atoms with Gasteiger partial charge in [-0.3, -0.25) is 0 Å². The predicted molar refractivity (Wildman–Crippen MR) is 349 cm³/mol. The van der Waals surface area contributed by atoms with Crippen LogP contribution in [-0.2, 0) is 27.1 Å². The van der Waals surface area contributed by atoms with E-state index in [-0.39, 0.29) is 39.3 Å². The van der Waals surface area contributed by atoms with Gasteiger partial charge >= 0.3 is 0 Å². The van der Waals surface area contributed by atoms with Crippen LogP contribution < -0.4 is 31.1 Å². The van der Waals surface area contributed by atoms with E-state index in [4.69, 9.17) is 0 Å². The van der Waals surface area contributed by atoms with Crippen molar-refractivity contribution in [3.05, 3.63) is 234 Å². The van der Waals surface area contributed by atoms with Crippen LogP contribution in [0.4, 0.5) is 45.5 Å². The monoisotopic (exact) mass is 1060 g/mol. The van der Waals surface area contributed by atoms with Crippen LogP contribution in [0.1, 0.15) is 149 Å².